The predicted molar refractivity (Wildman–Crippen MR) is 84.0 cm³/mol. The number of alkyl halides is 1. The largest absolute Gasteiger partial charge is 0.299 e. The van der Waals surface area contributed by atoms with E-state index in [-0.39, 0.29) is 0 Å². The summed E-state index contributed by atoms with van der Waals surface area (Å²) in [6.45, 7) is 4.74. The van der Waals surface area contributed by atoms with Crippen molar-refractivity contribution in [1.29, 1.82) is 0 Å². The van der Waals surface area contributed by atoms with Crippen LogP contribution in [0, 0.1) is 0 Å². The second kappa shape index (κ2) is 6.75. The summed E-state index contributed by atoms with van der Waals surface area (Å²) in [5.41, 5.74) is 0. The minimum atomic E-state index is -3.38. The standard InChI is InChI=1S/C13H21ClN2O2S2/c1-3-16-8-4-5-11(16)10-15(2)20(17,18)13-7-6-12(9-14)19-13/h6-7,11H,3-5,8-10H2,1-2H3. The quantitative estimate of drug-likeness (QED) is 0.750. The molecule has 1 aromatic rings. The van der Waals surface area contributed by atoms with Crippen LogP contribution in [0.15, 0.2) is 16.3 Å². The zero-order chi connectivity index (χ0) is 14.8. The number of rotatable bonds is 6. The van der Waals surface area contributed by atoms with Gasteiger partial charge in [-0.2, -0.15) is 4.31 Å². The van der Waals surface area contributed by atoms with Gasteiger partial charge < -0.3 is 0 Å². The highest BCUT2D eigenvalue weighted by Crippen LogP contribution is 2.26. The second-order valence-corrected chi connectivity index (χ2v) is 8.77. The van der Waals surface area contributed by atoms with Crippen LogP contribution in [-0.4, -0.2) is 50.3 Å². The first kappa shape index (κ1) is 16.2. The van der Waals surface area contributed by atoms with E-state index in [9.17, 15) is 8.42 Å². The van der Waals surface area contributed by atoms with Crippen LogP contribution in [0.5, 0.6) is 0 Å². The van der Waals surface area contributed by atoms with E-state index < -0.39 is 10.0 Å². The summed E-state index contributed by atoms with van der Waals surface area (Å²) < 4.78 is 26.9. The molecule has 0 bridgehead atoms. The van der Waals surface area contributed by atoms with Crippen molar-refractivity contribution >= 4 is 33.0 Å². The Morgan fingerprint density at radius 1 is 1.50 bits per heavy atom. The molecule has 114 valence electrons. The number of sulfonamides is 1. The molecule has 20 heavy (non-hydrogen) atoms. The number of likely N-dealkylation sites (tertiary alicyclic amines) is 1. The molecule has 0 spiro atoms. The lowest BCUT2D eigenvalue weighted by atomic mass is 10.2. The van der Waals surface area contributed by atoms with E-state index in [0.29, 0.717) is 22.7 Å². The first-order valence-electron chi connectivity index (χ1n) is 6.84. The minimum absolute atomic E-state index is 0.340. The summed E-state index contributed by atoms with van der Waals surface area (Å²) in [7, 11) is -1.71. The van der Waals surface area contributed by atoms with E-state index in [4.69, 9.17) is 11.6 Å². The van der Waals surface area contributed by atoms with Crippen molar-refractivity contribution in [2.45, 2.75) is 35.9 Å². The number of nitrogens with zero attached hydrogens (tertiary/aromatic N) is 2. The smallest absolute Gasteiger partial charge is 0.252 e. The molecular weight excluding hydrogens is 316 g/mol. The van der Waals surface area contributed by atoms with Crippen LogP contribution < -0.4 is 0 Å². The van der Waals surface area contributed by atoms with E-state index in [1.54, 1.807) is 19.2 Å². The zero-order valence-electron chi connectivity index (χ0n) is 11.9. The van der Waals surface area contributed by atoms with Crippen molar-refractivity contribution < 1.29 is 8.42 Å². The average Bonchev–Trinajstić information content (AvgIpc) is 3.07. The molecule has 1 atom stereocenters. The highest BCUT2D eigenvalue weighted by atomic mass is 35.5. The fourth-order valence-corrected chi connectivity index (χ4v) is 5.51. The van der Waals surface area contributed by atoms with Gasteiger partial charge in [-0.1, -0.05) is 6.92 Å². The molecule has 0 saturated carbocycles. The molecule has 0 radical (unpaired) electrons. The van der Waals surface area contributed by atoms with E-state index in [1.807, 2.05) is 0 Å². The molecule has 7 heteroatoms. The summed E-state index contributed by atoms with van der Waals surface area (Å²) in [6.07, 6.45) is 2.23. The van der Waals surface area contributed by atoms with Crippen molar-refractivity contribution in [3.8, 4) is 0 Å². The summed E-state index contributed by atoms with van der Waals surface area (Å²) in [5, 5.41) is 0. The fourth-order valence-electron chi connectivity index (χ4n) is 2.64. The second-order valence-electron chi connectivity index (χ2n) is 5.06. The molecule has 2 rings (SSSR count). The van der Waals surface area contributed by atoms with Gasteiger partial charge in [-0.3, -0.25) is 4.90 Å². The van der Waals surface area contributed by atoms with E-state index in [1.165, 1.54) is 15.6 Å². The highest BCUT2D eigenvalue weighted by Gasteiger charge is 2.29. The number of hydrogen-bond acceptors (Lipinski definition) is 4. The Labute approximate surface area is 130 Å². The molecule has 1 aromatic heterocycles. The van der Waals surface area contributed by atoms with E-state index in [0.717, 1.165) is 30.8 Å². The Bertz CT molecular complexity index is 544. The van der Waals surface area contributed by atoms with Crippen LogP contribution in [0.4, 0.5) is 0 Å². The van der Waals surface area contributed by atoms with Crippen molar-refractivity contribution in [2.75, 3.05) is 26.7 Å². The minimum Gasteiger partial charge on any atom is -0.299 e. The van der Waals surface area contributed by atoms with Crippen molar-refractivity contribution in [2.24, 2.45) is 0 Å². The highest BCUT2D eigenvalue weighted by molar-refractivity contribution is 7.91. The Morgan fingerprint density at radius 3 is 2.85 bits per heavy atom. The summed E-state index contributed by atoms with van der Waals surface area (Å²) in [5.74, 6) is 0.357. The van der Waals surface area contributed by atoms with Crippen molar-refractivity contribution in [3.05, 3.63) is 17.0 Å². The molecule has 1 aliphatic rings. The molecule has 1 saturated heterocycles. The summed E-state index contributed by atoms with van der Waals surface area (Å²) >= 11 is 7.00. The van der Waals surface area contributed by atoms with Gasteiger partial charge in [0.05, 0.1) is 5.88 Å². The number of thiophene rings is 1. The van der Waals surface area contributed by atoms with Crippen molar-refractivity contribution in [1.82, 2.24) is 9.21 Å². The van der Waals surface area contributed by atoms with Gasteiger partial charge in [-0.25, -0.2) is 8.42 Å². The molecule has 2 heterocycles. The average molecular weight is 337 g/mol. The maximum absolute atomic E-state index is 12.5. The zero-order valence-corrected chi connectivity index (χ0v) is 14.3. The van der Waals surface area contributed by atoms with Crippen LogP contribution in [0.25, 0.3) is 0 Å². The maximum Gasteiger partial charge on any atom is 0.252 e. The molecular formula is C13H21ClN2O2S2. The summed E-state index contributed by atoms with van der Waals surface area (Å²) in [6, 6.07) is 3.78. The van der Waals surface area contributed by atoms with Gasteiger partial charge in [-0.15, -0.1) is 22.9 Å². The lowest BCUT2D eigenvalue weighted by molar-refractivity contribution is 0.238. The molecule has 1 unspecified atom stereocenters. The van der Waals surface area contributed by atoms with Crippen molar-refractivity contribution in [3.63, 3.8) is 0 Å². The Morgan fingerprint density at radius 2 is 2.25 bits per heavy atom. The van der Waals surface area contributed by atoms with Gasteiger partial charge in [0.2, 0.25) is 0 Å². The maximum atomic E-state index is 12.5. The first-order chi connectivity index (χ1) is 9.48. The number of hydrogen-bond donors (Lipinski definition) is 0. The predicted octanol–water partition coefficient (Wildman–Crippen LogP) is 2.59. The molecule has 0 aliphatic carbocycles. The van der Waals surface area contributed by atoms with E-state index in [2.05, 4.69) is 11.8 Å². The Hall–Kier alpha value is -0.140. The van der Waals surface area contributed by atoms with Gasteiger partial charge >= 0.3 is 0 Å². The van der Waals surface area contributed by atoms with Crippen LogP contribution in [0.2, 0.25) is 0 Å². The first-order valence-corrected chi connectivity index (χ1v) is 9.63. The number of likely N-dealkylation sites (N-methyl/N-ethyl adjacent to an activating group) is 2. The lowest BCUT2D eigenvalue weighted by Crippen LogP contribution is -2.40. The molecule has 0 amide bonds. The lowest BCUT2D eigenvalue weighted by Gasteiger charge is -2.27. The molecule has 0 aromatic carbocycles. The molecule has 0 N–H and O–H groups in total. The van der Waals surface area contributed by atoms with Crippen LogP contribution >= 0.6 is 22.9 Å². The van der Waals surface area contributed by atoms with Crippen LogP contribution in [0.3, 0.4) is 0 Å². The third-order valence-electron chi connectivity index (χ3n) is 3.81. The monoisotopic (exact) mass is 336 g/mol. The third kappa shape index (κ3) is 3.36. The van der Waals surface area contributed by atoms with Gasteiger partial charge in [0.1, 0.15) is 4.21 Å². The summed E-state index contributed by atoms with van der Waals surface area (Å²) in [4.78, 5) is 3.24. The Balaban J connectivity index is 2.09. The normalized spacial score (nSPS) is 20.9. The van der Waals surface area contributed by atoms with Crippen LogP contribution in [0.1, 0.15) is 24.6 Å². The van der Waals surface area contributed by atoms with Crippen LogP contribution in [-0.2, 0) is 15.9 Å². The number of halogens is 1. The van der Waals surface area contributed by atoms with E-state index >= 15 is 0 Å². The van der Waals surface area contributed by atoms with Gasteiger partial charge in [0, 0.05) is 24.5 Å². The topological polar surface area (TPSA) is 40.6 Å². The van der Waals surface area contributed by atoms with Gasteiger partial charge in [-0.05, 0) is 38.1 Å². The molecule has 1 aliphatic heterocycles. The SMILES string of the molecule is CCN1CCCC1CN(C)S(=O)(=O)c1ccc(CCl)s1. The third-order valence-corrected chi connectivity index (χ3v) is 7.63. The van der Waals surface area contributed by atoms with Gasteiger partial charge in [0.25, 0.3) is 10.0 Å². The van der Waals surface area contributed by atoms with Gasteiger partial charge in [0.15, 0.2) is 0 Å². The molecule has 1 fully saturated rings. The fraction of sp³-hybridized carbons (Fsp3) is 0.692. The Kier molecular flexibility index (Phi) is 5.48. The molecule has 4 nitrogen and oxygen atoms in total.